The van der Waals surface area contributed by atoms with Gasteiger partial charge >= 0.3 is 0 Å². The van der Waals surface area contributed by atoms with Crippen molar-refractivity contribution < 1.29 is 23.1 Å². The molecule has 0 fully saturated rings. The smallest absolute Gasteiger partial charge is 0.241 e. The second kappa shape index (κ2) is 7.25. The summed E-state index contributed by atoms with van der Waals surface area (Å²) in [5, 5.41) is 11.8. The number of hydrogen-bond donors (Lipinski definition) is 4. The number of nitrogen functional groups attached to an aromatic ring is 1. The van der Waals surface area contributed by atoms with Crippen molar-refractivity contribution in [1.29, 1.82) is 0 Å². The van der Waals surface area contributed by atoms with Gasteiger partial charge < -0.3 is 20.9 Å². The third kappa shape index (κ3) is 4.88. The first kappa shape index (κ1) is 17.2. The van der Waals surface area contributed by atoms with Crippen LogP contribution in [0.2, 0.25) is 0 Å². The molecule has 0 aliphatic heterocycles. The Balaban J connectivity index is 2.75. The molecule has 1 atom stereocenters. The van der Waals surface area contributed by atoms with E-state index in [-0.39, 0.29) is 22.9 Å². The number of nitrogens with one attached hydrogen (secondary N) is 2. The molecule has 21 heavy (non-hydrogen) atoms. The maximum Gasteiger partial charge on any atom is 0.241 e. The summed E-state index contributed by atoms with van der Waals surface area (Å²) in [6, 6.07) is 2.53. The molecule has 1 unspecified atom stereocenters. The Labute approximate surface area is 123 Å². The van der Waals surface area contributed by atoms with E-state index < -0.39 is 22.0 Å². The second-order valence-electron chi connectivity index (χ2n) is 4.35. The van der Waals surface area contributed by atoms with Crippen molar-refractivity contribution >= 4 is 21.6 Å². The highest BCUT2D eigenvalue weighted by Gasteiger charge is 2.22. The summed E-state index contributed by atoms with van der Waals surface area (Å²) < 4.78 is 31.2. The lowest BCUT2D eigenvalue weighted by atomic mass is 10.3. The van der Waals surface area contributed by atoms with Gasteiger partial charge in [-0.05, 0) is 25.1 Å². The molecule has 0 saturated heterocycles. The van der Waals surface area contributed by atoms with Crippen LogP contribution in [-0.4, -0.2) is 45.7 Å². The fourth-order valence-corrected chi connectivity index (χ4v) is 2.72. The Morgan fingerprint density at radius 3 is 2.71 bits per heavy atom. The van der Waals surface area contributed by atoms with Gasteiger partial charge in [0.2, 0.25) is 15.9 Å². The molecule has 1 rings (SSSR count). The number of amides is 1. The minimum atomic E-state index is -3.91. The van der Waals surface area contributed by atoms with Crippen molar-refractivity contribution in [2.75, 3.05) is 26.0 Å². The van der Waals surface area contributed by atoms with Crippen molar-refractivity contribution in [3.63, 3.8) is 0 Å². The van der Waals surface area contributed by atoms with Crippen LogP contribution < -0.4 is 15.8 Å². The number of ether oxygens (including phenoxy) is 1. The molecule has 0 heterocycles. The topological polar surface area (TPSA) is 131 Å². The van der Waals surface area contributed by atoms with E-state index in [0.29, 0.717) is 6.61 Å². The van der Waals surface area contributed by atoms with Crippen LogP contribution in [0.4, 0.5) is 5.69 Å². The number of phenolic OH excluding ortho intramolecular Hbond substituents is 1. The summed E-state index contributed by atoms with van der Waals surface area (Å²) >= 11 is 0. The number of carbonyl (C=O) groups is 1. The molecule has 0 aliphatic carbocycles. The Hall–Kier alpha value is -1.84. The number of carbonyl (C=O) groups excluding carboxylic acids is 1. The fourth-order valence-electron chi connectivity index (χ4n) is 1.48. The van der Waals surface area contributed by atoms with E-state index in [4.69, 9.17) is 10.5 Å². The molecule has 0 aliphatic rings. The molecule has 118 valence electrons. The average molecular weight is 317 g/mol. The van der Waals surface area contributed by atoms with Crippen LogP contribution in [0.15, 0.2) is 23.1 Å². The summed E-state index contributed by atoms with van der Waals surface area (Å²) in [6.07, 6.45) is 0. The van der Waals surface area contributed by atoms with E-state index in [1.165, 1.54) is 26.2 Å². The molecule has 1 aromatic rings. The number of sulfonamides is 1. The Bertz CT molecular complexity index is 603. The highest BCUT2D eigenvalue weighted by molar-refractivity contribution is 7.89. The number of benzene rings is 1. The minimum Gasteiger partial charge on any atom is -0.506 e. The summed E-state index contributed by atoms with van der Waals surface area (Å²) in [5.41, 5.74) is 5.39. The van der Waals surface area contributed by atoms with Gasteiger partial charge in [-0.25, -0.2) is 8.42 Å². The Kier molecular flexibility index (Phi) is 5.94. The highest BCUT2D eigenvalue weighted by Crippen LogP contribution is 2.23. The fraction of sp³-hybridized carbons (Fsp3) is 0.417. The number of anilines is 1. The van der Waals surface area contributed by atoms with Gasteiger partial charge in [0, 0.05) is 13.7 Å². The monoisotopic (exact) mass is 317 g/mol. The van der Waals surface area contributed by atoms with E-state index in [1.54, 1.807) is 0 Å². The molecule has 0 aromatic heterocycles. The van der Waals surface area contributed by atoms with Crippen molar-refractivity contribution in [2.45, 2.75) is 17.9 Å². The lowest BCUT2D eigenvalue weighted by molar-refractivity contribution is -0.122. The average Bonchev–Trinajstić information content (AvgIpc) is 2.41. The standard InChI is InChI=1S/C12H19N3O5S/c1-8(12(17)14-5-6-20-2)15-21(18,19)9-3-4-11(16)10(13)7-9/h3-4,7-8,15-16H,5-6,13H2,1-2H3,(H,14,17). The van der Waals surface area contributed by atoms with Gasteiger partial charge in [0.15, 0.2) is 0 Å². The van der Waals surface area contributed by atoms with E-state index in [9.17, 15) is 18.3 Å². The summed E-state index contributed by atoms with van der Waals surface area (Å²) in [7, 11) is -2.41. The second-order valence-corrected chi connectivity index (χ2v) is 6.06. The number of phenols is 1. The highest BCUT2D eigenvalue weighted by atomic mass is 32.2. The first-order chi connectivity index (χ1) is 9.77. The van der Waals surface area contributed by atoms with Crippen LogP contribution in [-0.2, 0) is 19.6 Å². The molecule has 1 aromatic carbocycles. The zero-order valence-electron chi connectivity index (χ0n) is 11.8. The molecule has 0 radical (unpaired) electrons. The molecule has 5 N–H and O–H groups in total. The zero-order chi connectivity index (χ0) is 16.0. The largest absolute Gasteiger partial charge is 0.506 e. The number of hydrogen-bond acceptors (Lipinski definition) is 6. The van der Waals surface area contributed by atoms with Crippen molar-refractivity contribution in [1.82, 2.24) is 10.0 Å². The van der Waals surface area contributed by atoms with Gasteiger partial charge in [0.05, 0.1) is 23.2 Å². The van der Waals surface area contributed by atoms with Gasteiger partial charge in [-0.1, -0.05) is 0 Å². The molecular weight excluding hydrogens is 298 g/mol. The van der Waals surface area contributed by atoms with Crippen LogP contribution in [0, 0.1) is 0 Å². The van der Waals surface area contributed by atoms with Crippen molar-refractivity contribution in [2.24, 2.45) is 0 Å². The first-order valence-electron chi connectivity index (χ1n) is 6.15. The third-order valence-electron chi connectivity index (χ3n) is 2.64. The van der Waals surface area contributed by atoms with E-state index >= 15 is 0 Å². The molecule has 0 saturated carbocycles. The maximum absolute atomic E-state index is 12.1. The zero-order valence-corrected chi connectivity index (χ0v) is 12.6. The Morgan fingerprint density at radius 1 is 1.48 bits per heavy atom. The number of methoxy groups -OCH3 is 1. The van der Waals surface area contributed by atoms with Gasteiger partial charge in [-0.3, -0.25) is 4.79 Å². The van der Waals surface area contributed by atoms with Crippen LogP contribution in [0.3, 0.4) is 0 Å². The van der Waals surface area contributed by atoms with Gasteiger partial charge in [-0.2, -0.15) is 4.72 Å². The van der Waals surface area contributed by atoms with Crippen LogP contribution in [0.25, 0.3) is 0 Å². The first-order valence-corrected chi connectivity index (χ1v) is 7.63. The van der Waals surface area contributed by atoms with Crippen LogP contribution in [0.1, 0.15) is 6.92 Å². The molecule has 0 bridgehead atoms. The molecule has 1 amide bonds. The lowest BCUT2D eigenvalue weighted by Crippen LogP contribution is -2.45. The van der Waals surface area contributed by atoms with Crippen molar-refractivity contribution in [3.8, 4) is 5.75 Å². The maximum atomic E-state index is 12.1. The molecule has 8 nitrogen and oxygen atoms in total. The Morgan fingerprint density at radius 2 is 2.14 bits per heavy atom. The molecule has 0 spiro atoms. The molecular formula is C12H19N3O5S. The predicted octanol–water partition coefficient (Wildman–Crippen LogP) is -0.596. The number of rotatable bonds is 7. The minimum absolute atomic E-state index is 0.0601. The SMILES string of the molecule is COCCNC(=O)C(C)NS(=O)(=O)c1ccc(O)c(N)c1. The molecule has 9 heteroatoms. The van der Waals surface area contributed by atoms with E-state index in [1.807, 2.05) is 0 Å². The summed E-state index contributed by atoms with van der Waals surface area (Å²) in [5.74, 6) is -0.679. The summed E-state index contributed by atoms with van der Waals surface area (Å²) in [4.78, 5) is 11.6. The van der Waals surface area contributed by atoms with Crippen molar-refractivity contribution in [3.05, 3.63) is 18.2 Å². The van der Waals surface area contributed by atoms with Gasteiger partial charge in [0.25, 0.3) is 0 Å². The lowest BCUT2D eigenvalue weighted by Gasteiger charge is -2.14. The van der Waals surface area contributed by atoms with E-state index in [0.717, 1.165) is 6.07 Å². The number of nitrogens with two attached hydrogens (primary N) is 1. The third-order valence-corrected chi connectivity index (χ3v) is 4.18. The number of aromatic hydroxyl groups is 1. The van der Waals surface area contributed by atoms with Gasteiger partial charge in [0.1, 0.15) is 5.75 Å². The van der Waals surface area contributed by atoms with Gasteiger partial charge in [-0.15, -0.1) is 0 Å². The predicted molar refractivity (Wildman–Crippen MR) is 77.2 cm³/mol. The summed E-state index contributed by atoms with van der Waals surface area (Å²) in [6.45, 7) is 2.04. The quantitative estimate of drug-likeness (QED) is 0.302. The normalized spacial score (nSPS) is 12.9. The van der Waals surface area contributed by atoms with E-state index in [2.05, 4.69) is 10.0 Å². The van der Waals surface area contributed by atoms with Crippen LogP contribution >= 0.6 is 0 Å². The van der Waals surface area contributed by atoms with Crippen LogP contribution in [0.5, 0.6) is 5.75 Å².